The molecule has 1 heterocycles. The fourth-order valence-corrected chi connectivity index (χ4v) is 2.43. The molecule has 2 aromatic rings. The minimum Gasteiger partial charge on any atom is -0.397 e. The molecule has 2 rings (SSSR count). The van der Waals surface area contributed by atoms with Crippen molar-refractivity contribution in [3.05, 3.63) is 28.8 Å². The molecule has 114 valence electrons. The number of nitrogen functional groups attached to an aromatic ring is 1. The van der Waals surface area contributed by atoms with Gasteiger partial charge < -0.3 is 16.0 Å². The van der Waals surface area contributed by atoms with E-state index in [-0.39, 0.29) is 5.56 Å². The zero-order valence-electron chi connectivity index (χ0n) is 12.9. The predicted octanol–water partition coefficient (Wildman–Crippen LogP) is 3.13. The molecule has 0 radical (unpaired) electrons. The third kappa shape index (κ3) is 3.97. The average molecular weight is 288 g/mol. The highest BCUT2D eigenvalue weighted by molar-refractivity contribution is 5.88. The number of rotatable bonds is 6. The lowest BCUT2D eigenvalue weighted by Crippen LogP contribution is -2.17. The van der Waals surface area contributed by atoms with E-state index in [0.717, 1.165) is 18.0 Å². The number of aromatic nitrogens is 2. The van der Waals surface area contributed by atoms with E-state index in [1.54, 1.807) is 6.07 Å². The highest BCUT2D eigenvalue weighted by Crippen LogP contribution is 2.24. The maximum absolute atomic E-state index is 11.7. The number of aromatic amines is 1. The van der Waals surface area contributed by atoms with Crippen LogP contribution in [0, 0.1) is 5.92 Å². The number of hydrogen-bond acceptors (Lipinski definition) is 4. The van der Waals surface area contributed by atoms with Crippen LogP contribution in [0.2, 0.25) is 0 Å². The first kappa shape index (κ1) is 15.4. The molecule has 0 spiro atoms. The normalized spacial score (nSPS) is 12.8. The van der Waals surface area contributed by atoms with Gasteiger partial charge in [-0.25, -0.2) is 4.98 Å². The van der Waals surface area contributed by atoms with Crippen molar-refractivity contribution in [3.8, 4) is 0 Å². The minimum atomic E-state index is -0.164. The lowest BCUT2D eigenvalue weighted by atomic mass is 10.0. The summed E-state index contributed by atoms with van der Waals surface area (Å²) < 4.78 is 0. The largest absolute Gasteiger partial charge is 0.397 e. The predicted molar refractivity (Wildman–Crippen MR) is 88.5 cm³/mol. The van der Waals surface area contributed by atoms with E-state index >= 15 is 0 Å². The number of nitrogens with zero attached hydrogens (tertiary/aromatic N) is 1. The molecule has 1 aromatic heterocycles. The summed E-state index contributed by atoms with van der Waals surface area (Å²) in [4.78, 5) is 18.4. The molecule has 5 heteroatoms. The quantitative estimate of drug-likeness (QED) is 0.713. The molecule has 1 aromatic carbocycles. The Morgan fingerprint density at radius 2 is 2.05 bits per heavy atom. The number of benzene rings is 1. The van der Waals surface area contributed by atoms with E-state index in [2.05, 4.69) is 36.1 Å². The summed E-state index contributed by atoms with van der Waals surface area (Å²) >= 11 is 0. The Labute approximate surface area is 125 Å². The standard InChI is InChI=1S/C16H24N4O/c1-10(2)5-4-6-11(3)20-15-8-14-12(7-13(15)17)16(21)19-9-18-14/h7-11,20H,4-6,17H2,1-3H3,(H,18,19,21). The topological polar surface area (TPSA) is 83.8 Å². The first-order valence-electron chi connectivity index (χ1n) is 7.51. The minimum absolute atomic E-state index is 0.164. The first-order valence-corrected chi connectivity index (χ1v) is 7.51. The molecule has 0 saturated heterocycles. The molecule has 0 aliphatic carbocycles. The molecule has 0 bridgehead atoms. The van der Waals surface area contributed by atoms with Crippen molar-refractivity contribution in [2.24, 2.45) is 5.92 Å². The molecule has 0 aliphatic rings. The van der Waals surface area contributed by atoms with E-state index in [1.165, 1.54) is 19.2 Å². The zero-order valence-corrected chi connectivity index (χ0v) is 12.9. The molecule has 21 heavy (non-hydrogen) atoms. The highest BCUT2D eigenvalue weighted by Gasteiger charge is 2.09. The van der Waals surface area contributed by atoms with Crippen molar-refractivity contribution in [2.75, 3.05) is 11.1 Å². The van der Waals surface area contributed by atoms with Gasteiger partial charge in [-0.3, -0.25) is 4.79 Å². The molecular formula is C16H24N4O. The maximum Gasteiger partial charge on any atom is 0.258 e. The molecule has 0 fully saturated rings. The van der Waals surface area contributed by atoms with E-state index < -0.39 is 0 Å². The summed E-state index contributed by atoms with van der Waals surface area (Å²) in [6, 6.07) is 3.87. The summed E-state index contributed by atoms with van der Waals surface area (Å²) in [5, 5.41) is 3.94. The SMILES string of the molecule is CC(C)CCCC(C)Nc1cc2nc[nH]c(=O)c2cc1N. The van der Waals surface area contributed by atoms with Gasteiger partial charge in [-0.05, 0) is 31.4 Å². The Morgan fingerprint density at radius 1 is 1.29 bits per heavy atom. The van der Waals surface area contributed by atoms with Crippen molar-refractivity contribution in [3.63, 3.8) is 0 Å². The molecule has 1 atom stereocenters. The van der Waals surface area contributed by atoms with Crippen LogP contribution in [0.25, 0.3) is 10.9 Å². The second-order valence-corrected chi connectivity index (χ2v) is 6.06. The van der Waals surface area contributed by atoms with E-state index in [1.807, 2.05) is 6.07 Å². The van der Waals surface area contributed by atoms with E-state index in [4.69, 9.17) is 5.73 Å². The van der Waals surface area contributed by atoms with E-state index in [0.29, 0.717) is 22.6 Å². The summed E-state index contributed by atoms with van der Waals surface area (Å²) in [5.74, 6) is 0.735. The Hall–Kier alpha value is -2.04. The number of H-pyrrole nitrogens is 1. The van der Waals surface area contributed by atoms with Gasteiger partial charge in [0, 0.05) is 6.04 Å². The van der Waals surface area contributed by atoms with Crippen LogP contribution >= 0.6 is 0 Å². The summed E-state index contributed by atoms with van der Waals surface area (Å²) in [5.41, 5.74) is 7.96. The number of nitrogens with two attached hydrogens (primary N) is 1. The van der Waals surface area contributed by atoms with Gasteiger partial charge in [0.15, 0.2) is 0 Å². The lowest BCUT2D eigenvalue weighted by molar-refractivity contribution is 0.520. The Bertz CT molecular complexity index is 663. The second-order valence-electron chi connectivity index (χ2n) is 6.06. The lowest BCUT2D eigenvalue weighted by Gasteiger charge is -2.17. The molecule has 0 amide bonds. The first-order chi connectivity index (χ1) is 9.97. The van der Waals surface area contributed by atoms with Crippen LogP contribution in [0.1, 0.15) is 40.0 Å². The van der Waals surface area contributed by atoms with Gasteiger partial charge in [0.05, 0.1) is 28.6 Å². The van der Waals surface area contributed by atoms with Crippen LogP contribution in [0.4, 0.5) is 11.4 Å². The Kier molecular flexibility index (Phi) is 4.83. The van der Waals surface area contributed by atoms with Crippen LogP contribution in [-0.2, 0) is 0 Å². The fraction of sp³-hybridized carbons (Fsp3) is 0.500. The van der Waals surface area contributed by atoms with Crippen LogP contribution in [0.5, 0.6) is 0 Å². The van der Waals surface area contributed by atoms with Crippen LogP contribution < -0.4 is 16.6 Å². The van der Waals surface area contributed by atoms with Crippen molar-refractivity contribution in [2.45, 2.75) is 46.1 Å². The Balaban J connectivity index is 2.11. The maximum atomic E-state index is 11.7. The van der Waals surface area contributed by atoms with Crippen LogP contribution in [-0.4, -0.2) is 16.0 Å². The van der Waals surface area contributed by atoms with Crippen molar-refractivity contribution >= 4 is 22.3 Å². The van der Waals surface area contributed by atoms with Gasteiger partial charge in [-0.1, -0.05) is 26.7 Å². The molecule has 4 N–H and O–H groups in total. The van der Waals surface area contributed by atoms with Crippen molar-refractivity contribution < 1.29 is 0 Å². The molecule has 0 aliphatic heterocycles. The van der Waals surface area contributed by atoms with Gasteiger partial charge >= 0.3 is 0 Å². The van der Waals surface area contributed by atoms with Gasteiger partial charge in [0.25, 0.3) is 5.56 Å². The zero-order chi connectivity index (χ0) is 15.4. The van der Waals surface area contributed by atoms with Crippen molar-refractivity contribution in [1.29, 1.82) is 0 Å². The third-order valence-corrected chi connectivity index (χ3v) is 3.63. The fourth-order valence-electron chi connectivity index (χ4n) is 2.43. The number of anilines is 2. The summed E-state index contributed by atoms with van der Waals surface area (Å²) in [7, 11) is 0. The third-order valence-electron chi connectivity index (χ3n) is 3.63. The van der Waals surface area contributed by atoms with Crippen LogP contribution in [0.15, 0.2) is 23.3 Å². The number of nitrogens with one attached hydrogen (secondary N) is 2. The smallest absolute Gasteiger partial charge is 0.258 e. The van der Waals surface area contributed by atoms with Gasteiger partial charge in [-0.15, -0.1) is 0 Å². The molecule has 5 nitrogen and oxygen atoms in total. The summed E-state index contributed by atoms with van der Waals surface area (Å²) in [6.45, 7) is 6.63. The molecule has 1 unspecified atom stereocenters. The second kappa shape index (κ2) is 6.61. The average Bonchev–Trinajstić information content (AvgIpc) is 2.40. The van der Waals surface area contributed by atoms with Crippen molar-refractivity contribution in [1.82, 2.24) is 9.97 Å². The van der Waals surface area contributed by atoms with Crippen LogP contribution in [0.3, 0.4) is 0 Å². The van der Waals surface area contributed by atoms with Gasteiger partial charge in [0.2, 0.25) is 0 Å². The number of hydrogen-bond donors (Lipinski definition) is 3. The van der Waals surface area contributed by atoms with E-state index in [9.17, 15) is 4.79 Å². The monoisotopic (exact) mass is 288 g/mol. The highest BCUT2D eigenvalue weighted by atomic mass is 16.1. The van der Waals surface area contributed by atoms with Gasteiger partial charge in [0.1, 0.15) is 0 Å². The Morgan fingerprint density at radius 3 is 2.76 bits per heavy atom. The number of fused-ring (bicyclic) bond motifs is 1. The van der Waals surface area contributed by atoms with Gasteiger partial charge in [-0.2, -0.15) is 0 Å². The summed E-state index contributed by atoms with van der Waals surface area (Å²) in [6.07, 6.45) is 4.93. The molecular weight excluding hydrogens is 264 g/mol. The molecule has 0 saturated carbocycles.